The van der Waals surface area contributed by atoms with Crippen LogP contribution in [-0.4, -0.2) is 62.6 Å². The van der Waals surface area contributed by atoms with Gasteiger partial charge in [0.2, 0.25) is 0 Å². The number of hydrogen-bond acceptors (Lipinski definition) is 7. The minimum absolute atomic E-state index is 0.0476. The number of fused-ring (bicyclic) bond motifs is 1. The lowest BCUT2D eigenvalue weighted by Gasteiger charge is -2.11. The molecule has 2 atom stereocenters. The summed E-state index contributed by atoms with van der Waals surface area (Å²) < 4.78 is 28.2. The number of ether oxygens (including phenoxy) is 1. The van der Waals surface area contributed by atoms with E-state index in [0.717, 1.165) is 6.42 Å². The molecule has 1 aromatic carbocycles. The van der Waals surface area contributed by atoms with Gasteiger partial charge in [-0.05, 0) is 24.6 Å². The van der Waals surface area contributed by atoms with Crippen LogP contribution in [0.2, 0.25) is 5.02 Å². The molecule has 2 aliphatic rings. The van der Waals surface area contributed by atoms with Gasteiger partial charge >= 0.3 is 0 Å². The van der Waals surface area contributed by atoms with Gasteiger partial charge in [0, 0.05) is 31.1 Å². The first-order valence-corrected chi connectivity index (χ1v) is 11.2. The third kappa shape index (κ3) is 4.70. The number of thioether (sulfide) groups is 1. The summed E-state index contributed by atoms with van der Waals surface area (Å²) in [5.41, 5.74) is 1.06. The van der Waals surface area contributed by atoms with Crippen molar-refractivity contribution in [1.82, 2.24) is 5.32 Å². The largest absolute Gasteiger partial charge is 0.385 e. The number of carbonyl (C=O) groups is 1. The molecule has 2 unspecified atom stereocenters. The predicted octanol–water partition coefficient (Wildman–Crippen LogP) is 1.79. The number of anilines is 1. The van der Waals surface area contributed by atoms with Crippen molar-refractivity contribution in [2.75, 3.05) is 37.1 Å². The monoisotopic (exact) mass is 417 g/mol. The van der Waals surface area contributed by atoms with Crippen molar-refractivity contribution in [1.29, 1.82) is 0 Å². The number of rotatable bonds is 6. The summed E-state index contributed by atoms with van der Waals surface area (Å²) in [7, 11) is -1.37. The van der Waals surface area contributed by atoms with Crippen LogP contribution in [-0.2, 0) is 14.6 Å². The first kappa shape index (κ1) is 19.5. The number of nitrogens with one attached hydrogen (secondary N) is 2. The number of sulfone groups is 1. The highest BCUT2D eigenvalue weighted by Crippen LogP contribution is 2.35. The van der Waals surface area contributed by atoms with Gasteiger partial charge in [-0.1, -0.05) is 23.4 Å². The van der Waals surface area contributed by atoms with Crippen LogP contribution in [0.3, 0.4) is 0 Å². The number of halogens is 1. The van der Waals surface area contributed by atoms with Crippen LogP contribution >= 0.6 is 23.4 Å². The molecule has 1 fully saturated rings. The Hall–Kier alpha value is -1.29. The number of amidine groups is 1. The molecule has 10 heteroatoms. The Kier molecular flexibility index (Phi) is 6.11. The highest BCUT2D eigenvalue weighted by molar-refractivity contribution is 8.15. The van der Waals surface area contributed by atoms with Crippen LogP contribution < -0.4 is 10.6 Å². The summed E-state index contributed by atoms with van der Waals surface area (Å²) in [5, 5.41) is 7.00. The zero-order chi connectivity index (χ0) is 18.7. The van der Waals surface area contributed by atoms with Gasteiger partial charge in [-0.2, -0.15) is 0 Å². The lowest BCUT2D eigenvalue weighted by Crippen LogP contribution is -2.25. The van der Waals surface area contributed by atoms with Crippen LogP contribution in [0.15, 0.2) is 23.2 Å². The summed E-state index contributed by atoms with van der Waals surface area (Å²) in [6.45, 7) is 1.11. The molecule has 1 amide bonds. The Labute approximate surface area is 161 Å². The summed E-state index contributed by atoms with van der Waals surface area (Å²) in [5.74, 6) is 0.0483. The van der Waals surface area contributed by atoms with E-state index in [1.807, 2.05) is 0 Å². The SMILES string of the molecule is COCCCNC(=O)c1ccc(Cl)c(NC2=NC3CS(=O)(=O)CC3S2)c1. The van der Waals surface area contributed by atoms with Crippen LogP contribution in [0.25, 0.3) is 0 Å². The molecule has 2 aliphatic heterocycles. The van der Waals surface area contributed by atoms with Gasteiger partial charge in [-0.25, -0.2) is 8.42 Å². The Morgan fingerprint density at radius 3 is 2.96 bits per heavy atom. The van der Waals surface area contributed by atoms with E-state index in [0.29, 0.717) is 34.6 Å². The second kappa shape index (κ2) is 8.16. The Morgan fingerprint density at radius 1 is 1.42 bits per heavy atom. The minimum Gasteiger partial charge on any atom is -0.385 e. The van der Waals surface area contributed by atoms with Crippen molar-refractivity contribution in [3.63, 3.8) is 0 Å². The molecular weight excluding hydrogens is 398 g/mol. The summed E-state index contributed by atoms with van der Waals surface area (Å²) in [6, 6.07) is 4.77. The van der Waals surface area contributed by atoms with Crippen molar-refractivity contribution in [3.05, 3.63) is 28.8 Å². The van der Waals surface area contributed by atoms with E-state index >= 15 is 0 Å². The first-order chi connectivity index (χ1) is 12.4. The average Bonchev–Trinajstić information content (AvgIpc) is 3.06. The number of hydrogen-bond donors (Lipinski definition) is 2. The molecule has 1 aromatic rings. The predicted molar refractivity (Wildman–Crippen MR) is 105 cm³/mol. The molecule has 0 bridgehead atoms. The molecule has 2 N–H and O–H groups in total. The quantitative estimate of drug-likeness (QED) is 0.685. The fraction of sp³-hybridized carbons (Fsp3) is 0.500. The zero-order valence-corrected chi connectivity index (χ0v) is 16.6. The number of aliphatic imine (C=N–C) groups is 1. The summed E-state index contributed by atoms with van der Waals surface area (Å²) in [4.78, 5) is 16.7. The summed E-state index contributed by atoms with van der Waals surface area (Å²) in [6.07, 6.45) is 0.736. The van der Waals surface area contributed by atoms with Gasteiger partial charge in [0.05, 0.1) is 28.3 Å². The van der Waals surface area contributed by atoms with E-state index in [-0.39, 0.29) is 28.7 Å². The number of carbonyl (C=O) groups excluding carboxylic acids is 1. The maximum atomic E-state index is 12.2. The van der Waals surface area contributed by atoms with Gasteiger partial charge < -0.3 is 15.4 Å². The molecule has 0 aromatic heterocycles. The van der Waals surface area contributed by atoms with Crippen molar-refractivity contribution in [2.24, 2.45) is 4.99 Å². The molecule has 0 saturated carbocycles. The molecule has 2 heterocycles. The summed E-state index contributed by atoms with van der Waals surface area (Å²) >= 11 is 7.63. The Bertz CT molecular complexity index is 829. The van der Waals surface area contributed by atoms with Crippen LogP contribution in [0, 0.1) is 0 Å². The van der Waals surface area contributed by atoms with E-state index in [1.54, 1.807) is 25.3 Å². The smallest absolute Gasteiger partial charge is 0.251 e. The number of nitrogens with zero attached hydrogens (tertiary/aromatic N) is 1. The molecule has 0 radical (unpaired) electrons. The zero-order valence-electron chi connectivity index (χ0n) is 14.2. The van der Waals surface area contributed by atoms with Crippen molar-refractivity contribution < 1.29 is 17.9 Å². The number of benzene rings is 1. The van der Waals surface area contributed by atoms with E-state index in [9.17, 15) is 13.2 Å². The Morgan fingerprint density at radius 2 is 2.23 bits per heavy atom. The first-order valence-electron chi connectivity index (χ1n) is 8.16. The van der Waals surface area contributed by atoms with Crippen molar-refractivity contribution >= 4 is 50.0 Å². The maximum Gasteiger partial charge on any atom is 0.251 e. The number of amides is 1. The van der Waals surface area contributed by atoms with E-state index in [4.69, 9.17) is 16.3 Å². The van der Waals surface area contributed by atoms with Gasteiger partial charge in [0.1, 0.15) is 0 Å². The third-order valence-electron chi connectivity index (χ3n) is 4.10. The Balaban J connectivity index is 1.65. The van der Waals surface area contributed by atoms with Crippen LogP contribution in [0.1, 0.15) is 16.8 Å². The second-order valence-corrected chi connectivity index (χ2v) is 9.95. The maximum absolute atomic E-state index is 12.2. The molecule has 142 valence electrons. The number of methoxy groups -OCH3 is 1. The normalized spacial score (nSPS) is 23.4. The van der Waals surface area contributed by atoms with Crippen molar-refractivity contribution in [2.45, 2.75) is 17.7 Å². The van der Waals surface area contributed by atoms with Gasteiger partial charge in [-0.3, -0.25) is 9.79 Å². The van der Waals surface area contributed by atoms with Crippen LogP contribution in [0.5, 0.6) is 0 Å². The molecular formula is C16H20ClN3O4S2. The molecule has 3 rings (SSSR count). The van der Waals surface area contributed by atoms with E-state index in [2.05, 4.69) is 15.6 Å². The molecule has 26 heavy (non-hydrogen) atoms. The fourth-order valence-electron chi connectivity index (χ4n) is 2.81. The van der Waals surface area contributed by atoms with E-state index in [1.165, 1.54) is 11.8 Å². The second-order valence-electron chi connectivity index (χ2n) is 6.16. The molecule has 1 saturated heterocycles. The highest BCUT2D eigenvalue weighted by atomic mass is 35.5. The fourth-order valence-corrected chi connectivity index (χ4v) is 6.65. The topological polar surface area (TPSA) is 96.9 Å². The van der Waals surface area contributed by atoms with Crippen LogP contribution in [0.4, 0.5) is 5.69 Å². The van der Waals surface area contributed by atoms with Gasteiger partial charge in [0.25, 0.3) is 5.91 Å². The lowest BCUT2D eigenvalue weighted by atomic mass is 10.2. The molecule has 0 spiro atoms. The minimum atomic E-state index is -2.98. The molecule has 7 nitrogen and oxygen atoms in total. The third-order valence-corrected chi connectivity index (χ3v) is 7.57. The van der Waals surface area contributed by atoms with E-state index < -0.39 is 9.84 Å². The van der Waals surface area contributed by atoms with Gasteiger partial charge in [0.15, 0.2) is 15.0 Å². The average molecular weight is 418 g/mol. The molecule has 0 aliphatic carbocycles. The highest BCUT2D eigenvalue weighted by Gasteiger charge is 2.42. The van der Waals surface area contributed by atoms with Crippen molar-refractivity contribution in [3.8, 4) is 0 Å². The van der Waals surface area contributed by atoms with Gasteiger partial charge in [-0.15, -0.1) is 0 Å². The standard InChI is InChI=1S/C16H20ClN3O4S2/c1-24-6-2-5-18-15(21)10-3-4-11(17)12(7-10)19-16-20-13-8-26(22,23)9-14(13)25-16/h3-4,7,13-14H,2,5-6,8-9H2,1H3,(H,18,21)(H,19,20). The lowest BCUT2D eigenvalue weighted by molar-refractivity contribution is 0.0948.